The lowest BCUT2D eigenvalue weighted by molar-refractivity contribution is -0.120. The number of amides is 2. The molecule has 0 saturated carbocycles. The van der Waals surface area contributed by atoms with E-state index in [1.165, 1.54) is 11.3 Å². The molecule has 2 aromatic heterocycles. The summed E-state index contributed by atoms with van der Waals surface area (Å²) in [6.07, 6.45) is 5.39. The number of hydrogen-bond acceptors (Lipinski definition) is 5. The first-order chi connectivity index (χ1) is 13.1. The van der Waals surface area contributed by atoms with Crippen molar-refractivity contribution in [3.05, 3.63) is 53.3 Å². The number of thiazole rings is 1. The van der Waals surface area contributed by atoms with E-state index in [2.05, 4.69) is 15.4 Å². The predicted molar refractivity (Wildman–Crippen MR) is 103 cm³/mol. The number of anilines is 1. The monoisotopic (exact) mass is 381 g/mol. The highest BCUT2D eigenvalue weighted by molar-refractivity contribution is 7.13. The zero-order chi connectivity index (χ0) is 19.0. The highest BCUT2D eigenvalue weighted by Gasteiger charge is 2.34. The second-order valence-corrected chi connectivity index (χ2v) is 7.29. The Morgan fingerprint density at radius 3 is 2.93 bits per heavy atom. The number of fused-ring (bicyclic) bond motifs is 1. The largest absolute Gasteiger partial charge is 0.323 e. The molecule has 138 valence electrons. The van der Waals surface area contributed by atoms with Gasteiger partial charge in [0.05, 0.1) is 6.20 Å². The maximum Gasteiger partial charge on any atom is 0.255 e. The summed E-state index contributed by atoms with van der Waals surface area (Å²) in [6.45, 7) is 4.98. The summed E-state index contributed by atoms with van der Waals surface area (Å²) in [5.41, 5.74) is 3.50. The molecule has 3 heterocycles. The molecule has 0 fully saturated rings. The van der Waals surface area contributed by atoms with Crippen molar-refractivity contribution in [3.8, 4) is 11.1 Å². The van der Waals surface area contributed by atoms with Gasteiger partial charge in [0.1, 0.15) is 6.04 Å². The van der Waals surface area contributed by atoms with E-state index >= 15 is 0 Å². The standard InChI is InChI=1S/C19H19N5O2S/c1-3-23-10-15(9-21-23)13-4-5-14-11-24(18(26)16(14)8-13)12(2)17(25)22-19-20-6-7-27-19/h4-10,12H,3,11H2,1-2H3,(H,20,22,25)/t12-/m1/s1. The van der Waals surface area contributed by atoms with Gasteiger partial charge in [0, 0.05) is 42.0 Å². The van der Waals surface area contributed by atoms with Crippen LogP contribution in [0, 0.1) is 0 Å². The van der Waals surface area contributed by atoms with E-state index in [0.717, 1.165) is 23.2 Å². The number of nitrogens with one attached hydrogen (secondary N) is 1. The molecule has 8 heteroatoms. The fourth-order valence-electron chi connectivity index (χ4n) is 3.14. The fraction of sp³-hybridized carbons (Fsp3) is 0.263. The molecular formula is C19H19N5O2S. The third-order valence-electron chi connectivity index (χ3n) is 4.74. The van der Waals surface area contributed by atoms with E-state index < -0.39 is 6.04 Å². The Morgan fingerprint density at radius 1 is 1.37 bits per heavy atom. The van der Waals surface area contributed by atoms with Crippen molar-refractivity contribution in [3.63, 3.8) is 0 Å². The van der Waals surface area contributed by atoms with Crippen LogP contribution < -0.4 is 5.32 Å². The molecule has 0 unspecified atom stereocenters. The summed E-state index contributed by atoms with van der Waals surface area (Å²) < 4.78 is 1.85. The summed E-state index contributed by atoms with van der Waals surface area (Å²) in [7, 11) is 0. The fourth-order valence-corrected chi connectivity index (χ4v) is 3.67. The van der Waals surface area contributed by atoms with Crippen molar-refractivity contribution in [2.75, 3.05) is 5.32 Å². The Hall–Kier alpha value is -3.00. The number of nitrogens with zero attached hydrogens (tertiary/aromatic N) is 4. The summed E-state index contributed by atoms with van der Waals surface area (Å²) in [4.78, 5) is 31.0. The van der Waals surface area contributed by atoms with Crippen molar-refractivity contribution in [1.82, 2.24) is 19.7 Å². The van der Waals surface area contributed by atoms with Gasteiger partial charge < -0.3 is 10.2 Å². The predicted octanol–water partition coefficient (Wildman–Crippen LogP) is 3.01. The summed E-state index contributed by atoms with van der Waals surface area (Å²) in [5.74, 6) is -0.368. The van der Waals surface area contributed by atoms with Crippen LogP contribution in [0.2, 0.25) is 0 Å². The van der Waals surface area contributed by atoms with Crippen molar-refractivity contribution < 1.29 is 9.59 Å². The van der Waals surface area contributed by atoms with Gasteiger partial charge >= 0.3 is 0 Å². The van der Waals surface area contributed by atoms with E-state index in [1.807, 2.05) is 36.0 Å². The number of benzene rings is 1. The van der Waals surface area contributed by atoms with Crippen LogP contribution in [0.25, 0.3) is 11.1 Å². The summed E-state index contributed by atoms with van der Waals surface area (Å²) in [6, 6.07) is 5.25. The lowest BCUT2D eigenvalue weighted by Gasteiger charge is -2.22. The SMILES string of the molecule is CCn1cc(-c2ccc3c(c2)C(=O)N([C@H](C)C(=O)Nc2nccs2)C3)cn1. The molecule has 1 aliphatic rings. The maximum atomic E-state index is 12.9. The van der Waals surface area contributed by atoms with Gasteiger partial charge in [-0.05, 0) is 31.0 Å². The third-order valence-corrected chi connectivity index (χ3v) is 5.43. The molecule has 2 amide bonds. The molecule has 0 saturated heterocycles. The second-order valence-electron chi connectivity index (χ2n) is 6.39. The van der Waals surface area contributed by atoms with Crippen LogP contribution in [-0.2, 0) is 17.9 Å². The van der Waals surface area contributed by atoms with Gasteiger partial charge in [0.2, 0.25) is 5.91 Å². The number of carbonyl (C=O) groups is 2. The van der Waals surface area contributed by atoms with Crippen LogP contribution >= 0.6 is 11.3 Å². The average molecular weight is 381 g/mol. The molecule has 1 atom stereocenters. The molecule has 3 aromatic rings. The van der Waals surface area contributed by atoms with Crippen molar-refractivity contribution in [1.29, 1.82) is 0 Å². The Kier molecular flexibility index (Phi) is 4.49. The van der Waals surface area contributed by atoms with Crippen LogP contribution in [0.1, 0.15) is 29.8 Å². The first-order valence-electron chi connectivity index (χ1n) is 8.74. The smallest absolute Gasteiger partial charge is 0.255 e. The van der Waals surface area contributed by atoms with Crippen molar-refractivity contribution in [2.45, 2.75) is 33.0 Å². The van der Waals surface area contributed by atoms with Crippen LogP contribution in [0.15, 0.2) is 42.2 Å². The van der Waals surface area contributed by atoms with Gasteiger partial charge in [0.25, 0.3) is 5.91 Å². The molecular weight excluding hydrogens is 362 g/mol. The minimum absolute atomic E-state index is 0.128. The molecule has 0 bridgehead atoms. The summed E-state index contributed by atoms with van der Waals surface area (Å²) in [5, 5.41) is 9.37. The molecule has 1 N–H and O–H groups in total. The normalized spacial score (nSPS) is 14.3. The van der Waals surface area contributed by atoms with E-state index in [1.54, 1.807) is 29.6 Å². The van der Waals surface area contributed by atoms with Crippen LogP contribution in [0.3, 0.4) is 0 Å². The van der Waals surface area contributed by atoms with Gasteiger partial charge in [-0.3, -0.25) is 14.3 Å². The Labute approximate surface area is 160 Å². The molecule has 4 rings (SSSR count). The molecule has 7 nitrogen and oxygen atoms in total. The molecule has 27 heavy (non-hydrogen) atoms. The lowest BCUT2D eigenvalue weighted by Crippen LogP contribution is -2.42. The minimum Gasteiger partial charge on any atom is -0.323 e. The number of aryl methyl sites for hydroxylation is 1. The first kappa shape index (κ1) is 17.4. The lowest BCUT2D eigenvalue weighted by atomic mass is 10.0. The highest BCUT2D eigenvalue weighted by Crippen LogP contribution is 2.30. The number of rotatable bonds is 5. The quantitative estimate of drug-likeness (QED) is 0.737. The number of aromatic nitrogens is 3. The Balaban J connectivity index is 1.54. The van der Waals surface area contributed by atoms with Crippen LogP contribution in [0.5, 0.6) is 0 Å². The van der Waals surface area contributed by atoms with Gasteiger partial charge in [-0.15, -0.1) is 11.3 Å². The average Bonchev–Trinajstić information content (AvgIpc) is 3.41. The molecule has 0 radical (unpaired) electrons. The minimum atomic E-state index is -0.583. The molecule has 0 aliphatic carbocycles. The van der Waals surface area contributed by atoms with Crippen molar-refractivity contribution in [2.24, 2.45) is 0 Å². The first-order valence-corrected chi connectivity index (χ1v) is 9.62. The Bertz CT molecular complexity index is 995. The maximum absolute atomic E-state index is 12.9. The summed E-state index contributed by atoms with van der Waals surface area (Å²) >= 11 is 1.35. The Morgan fingerprint density at radius 2 is 2.22 bits per heavy atom. The molecule has 1 aliphatic heterocycles. The third kappa shape index (κ3) is 3.23. The van der Waals surface area contributed by atoms with E-state index in [0.29, 0.717) is 17.2 Å². The number of hydrogen-bond donors (Lipinski definition) is 1. The topological polar surface area (TPSA) is 80.1 Å². The van der Waals surface area contributed by atoms with Gasteiger partial charge in [-0.2, -0.15) is 5.10 Å². The van der Waals surface area contributed by atoms with E-state index in [4.69, 9.17) is 0 Å². The van der Waals surface area contributed by atoms with Crippen LogP contribution in [0.4, 0.5) is 5.13 Å². The molecule has 0 spiro atoms. The second kappa shape index (κ2) is 6.96. The van der Waals surface area contributed by atoms with Crippen molar-refractivity contribution >= 4 is 28.3 Å². The van der Waals surface area contributed by atoms with Gasteiger partial charge in [0.15, 0.2) is 5.13 Å². The van der Waals surface area contributed by atoms with Gasteiger partial charge in [-0.1, -0.05) is 12.1 Å². The zero-order valence-electron chi connectivity index (χ0n) is 15.0. The highest BCUT2D eigenvalue weighted by atomic mass is 32.1. The van der Waals surface area contributed by atoms with E-state index in [9.17, 15) is 9.59 Å². The molecule has 1 aromatic carbocycles. The number of carbonyl (C=O) groups excluding carboxylic acids is 2. The zero-order valence-corrected chi connectivity index (χ0v) is 15.9. The van der Waals surface area contributed by atoms with E-state index in [-0.39, 0.29) is 11.8 Å². The van der Waals surface area contributed by atoms with Crippen LogP contribution in [-0.4, -0.2) is 37.5 Å². The van der Waals surface area contributed by atoms with Gasteiger partial charge in [-0.25, -0.2) is 4.98 Å².